The van der Waals surface area contributed by atoms with Gasteiger partial charge in [0.25, 0.3) is 0 Å². The Labute approximate surface area is 197 Å². The third kappa shape index (κ3) is 8.57. The standard InChI is InChI=1S/C22H39N9S/c23-21-12-24-5-8-27-15-22(16-28-9-6-25-13-21,17-29-10-7-26-14-21)31-11-19-1-3-20(4-2-19)30-18-32/h1-4,24-29,31H,5-17,23H2. The lowest BCUT2D eigenvalue weighted by atomic mass is 9.97. The molecule has 0 radical (unpaired) electrons. The minimum Gasteiger partial charge on any atom is -0.322 e. The summed E-state index contributed by atoms with van der Waals surface area (Å²) in [7, 11) is 0. The topological polar surface area (TPSA) is 123 Å². The van der Waals surface area contributed by atoms with Gasteiger partial charge in [-0.15, -0.1) is 0 Å². The summed E-state index contributed by atoms with van der Waals surface area (Å²) in [5.74, 6) is 0. The second kappa shape index (κ2) is 13.4. The van der Waals surface area contributed by atoms with Gasteiger partial charge in [0.15, 0.2) is 0 Å². The van der Waals surface area contributed by atoms with Crippen LogP contribution < -0.4 is 43.0 Å². The van der Waals surface area contributed by atoms with Crippen LogP contribution in [0.4, 0.5) is 5.69 Å². The number of nitrogens with one attached hydrogen (secondary N) is 7. The van der Waals surface area contributed by atoms with Crippen LogP contribution in [0.2, 0.25) is 0 Å². The third-order valence-corrected chi connectivity index (χ3v) is 6.13. The van der Waals surface area contributed by atoms with Crippen LogP contribution in [0, 0.1) is 0 Å². The Morgan fingerprint density at radius 3 is 1.66 bits per heavy atom. The van der Waals surface area contributed by atoms with E-state index >= 15 is 0 Å². The van der Waals surface area contributed by atoms with E-state index in [0.717, 1.165) is 90.8 Å². The summed E-state index contributed by atoms with van der Waals surface area (Å²) in [4.78, 5) is 4.04. The van der Waals surface area contributed by atoms with E-state index in [9.17, 15) is 0 Å². The van der Waals surface area contributed by atoms with E-state index in [1.165, 1.54) is 5.56 Å². The molecule has 9 N–H and O–H groups in total. The number of hydrogen-bond acceptors (Lipinski definition) is 10. The maximum absolute atomic E-state index is 6.67. The minimum atomic E-state index is -0.302. The highest BCUT2D eigenvalue weighted by Gasteiger charge is 2.30. The van der Waals surface area contributed by atoms with Crippen molar-refractivity contribution in [1.82, 2.24) is 37.2 Å². The van der Waals surface area contributed by atoms with Gasteiger partial charge in [0, 0.05) is 85.1 Å². The van der Waals surface area contributed by atoms with Gasteiger partial charge in [-0.25, -0.2) is 0 Å². The number of rotatable bonds is 4. The summed E-state index contributed by atoms with van der Waals surface area (Å²) in [6.45, 7) is 11.0. The van der Waals surface area contributed by atoms with E-state index < -0.39 is 0 Å². The monoisotopic (exact) mass is 461 g/mol. The summed E-state index contributed by atoms with van der Waals surface area (Å²) >= 11 is 4.69. The van der Waals surface area contributed by atoms with E-state index in [-0.39, 0.29) is 11.1 Å². The average molecular weight is 462 g/mol. The Bertz CT molecular complexity index is 677. The van der Waals surface area contributed by atoms with Crippen LogP contribution in [0.15, 0.2) is 29.3 Å². The maximum atomic E-state index is 6.67. The van der Waals surface area contributed by atoms with Gasteiger partial charge in [-0.3, -0.25) is 0 Å². The Morgan fingerprint density at radius 1 is 0.781 bits per heavy atom. The first kappa shape index (κ1) is 25.3. The normalized spacial score (nSPS) is 28.9. The van der Waals surface area contributed by atoms with E-state index in [1.54, 1.807) is 0 Å². The van der Waals surface area contributed by atoms with Crippen LogP contribution in [0.1, 0.15) is 5.56 Å². The van der Waals surface area contributed by atoms with Crippen molar-refractivity contribution in [3.05, 3.63) is 29.8 Å². The van der Waals surface area contributed by atoms with Crippen molar-refractivity contribution >= 4 is 23.1 Å². The molecule has 178 valence electrons. The summed E-state index contributed by atoms with van der Waals surface area (Å²) < 4.78 is 0. The van der Waals surface area contributed by atoms with Crippen molar-refractivity contribution in [2.75, 3.05) is 78.5 Å². The van der Waals surface area contributed by atoms with Gasteiger partial charge in [0.05, 0.1) is 21.9 Å². The van der Waals surface area contributed by atoms with E-state index in [0.29, 0.717) is 0 Å². The van der Waals surface area contributed by atoms with Crippen LogP contribution in [0.3, 0.4) is 0 Å². The van der Waals surface area contributed by atoms with Gasteiger partial charge in [-0.2, -0.15) is 4.99 Å². The second-order valence-corrected chi connectivity index (χ2v) is 9.11. The zero-order valence-electron chi connectivity index (χ0n) is 18.9. The van der Waals surface area contributed by atoms with Crippen LogP contribution >= 0.6 is 12.2 Å². The lowest BCUT2D eigenvalue weighted by Crippen LogP contribution is -2.66. The number of nitrogens with two attached hydrogens (primary N) is 1. The number of isothiocyanates is 1. The fourth-order valence-corrected chi connectivity index (χ4v) is 4.22. The Hall–Kier alpha value is -1.30. The molecule has 0 spiro atoms. The van der Waals surface area contributed by atoms with Gasteiger partial charge in [0.1, 0.15) is 0 Å². The highest BCUT2D eigenvalue weighted by Crippen LogP contribution is 2.13. The number of thiocarbonyl (C=S) groups is 1. The fourth-order valence-electron chi connectivity index (χ4n) is 4.12. The number of fused-ring (bicyclic) bond motifs is 15. The molecule has 3 saturated heterocycles. The van der Waals surface area contributed by atoms with Crippen molar-refractivity contribution in [3.8, 4) is 0 Å². The van der Waals surface area contributed by atoms with E-state index in [1.807, 2.05) is 12.1 Å². The molecule has 10 heteroatoms. The lowest BCUT2D eigenvalue weighted by Gasteiger charge is -2.37. The molecule has 0 unspecified atom stereocenters. The van der Waals surface area contributed by atoms with Crippen LogP contribution in [0.25, 0.3) is 0 Å². The second-order valence-electron chi connectivity index (χ2n) is 8.93. The Balaban J connectivity index is 1.70. The Kier molecular flexibility index (Phi) is 10.6. The van der Waals surface area contributed by atoms with Crippen molar-refractivity contribution in [2.45, 2.75) is 17.6 Å². The molecule has 1 aromatic rings. The third-order valence-electron chi connectivity index (χ3n) is 6.04. The van der Waals surface area contributed by atoms with Crippen molar-refractivity contribution in [3.63, 3.8) is 0 Å². The van der Waals surface area contributed by atoms with Crippen LogP contribution in [-0.2, 0) is 6.54 Å². The molecule has 1 aromatic carbocycles. The van der Waals surface area contributed by atoms with Gasteiger partial charge < -0.3 is 43.0 Å². The van der Waals surface area contributed by atoms with Gasteiger partial charge in [0.2, 0.25) is 0 Å². The molecule has 0 amide bonds. The number of benzene rings is 1. The quantitative estimate of drug-likeness (QED) is 0.200. The highest BCUT2D eigenvalue weighted by molar-refractivity contribution is 7.78. The lowest BCUT2D eigenvalue weighted by molar-refractivity contribution is 0.269. The van der Waals surface area contributed by atoms with Crippen LogP contribution in [0.5, 0.6) is 0 Å². The smallest absolute Gasteiger partial charge is 0.0739 e. The zero-order valence-corrected chi connectivity index (χ0v) is 19.8. The van der Waals surface area contributed by atoms with E-state index in [4.69, 9.17) is 18.0 Å². The number of hydrogen-bond donors (Lipinski definition) is 8. The van der Waals surface area contributed by atoms with Crippen LogP contribution in [-0.4, -0.2) is 94.8 Å². The van der Waals surface area contributed by atoms with E-state index in [2.05, 4.69) is 59.5 Å². The summed E-state index contributed by atoms with van der Waals surface area (Å²) in [5, 5.41) is 27.8. The Morgan fingerprint density at radius 2 is 1.22 bits per heavy atom. The molecule has 3 heterocycles. The summed E-state index contributed by atoms with van der Waals surface area (Å²) in [5.41, 5.74) is 8.28. The van der Waals surface area contributed by atoms with Gasteiger partial charge in [-0.1, -0.05) is 12.1 Å². The maximum Gasteiger partial charge on any atom is 0.0739 e. The SMILES string of the molecule is NC12CNCCNCC(NCc3ccc(N=C=S)cc3)(CNCCNC1)CNCCNC2. The largest absolute Gasteiger partial charge is 0.322 e. The van der Waals surface area contributed by atoms with Gasteiger partial charge >= 0.3 is 0 Å². The molecule has 0 saturated carbocycles. The summed E-state index contributed by atoms with van der Waals surface area (Å²) in [6.07, 6.45) is 0. The number of aliphatic imine (C=N–C) groups is 1. The summed E-state index contributed by atoms with van der Waals surface area (Å²) in [6, 6.07) is 8.13. The molecule has 9 nitrogen and oxygen atoms in total. The van der Waals surface area contributed by atoms with Crippen molar-refractivity contribution in [1.29, 1.82) is 0 Å². The molecule has 0 atom stereocenters. The molecule has 3 fully saturated rings. The predicted octanol–water partition coefficient (Wildman–Crippen LogP) is -1.49. The molecule has 3 aliphatic heterocycles. The molecule has 3 aliphatic rings. The average Bonchev–Trinajstić information content (AvgIpc) is 2.80. The molecular formula is C22H39N9S. The number of nitrogens with zero attached hydrogens (tertiary/aromatic N) is 1. The highest BCUT2D eigenvalue weighted by atomic mass is 32.1. The molecule has 2 bridgehead atoms. The van der Waals surface area contributed by atoms with Crippen molar-refractivity contribution < 1.29 is 0 Å². The van der Waals surface area contributed by atoms with Gasteiger partial charge in [-0.05, 0) is 29.9 Å². The first-order valence-electron chi connectivity index (χ1n) is 11.6. The molecule has 4 rings (SSSR count). The molecular weight excluding hydrogens is 422 g/mol. The molecule has 32 heavy (non-hydrogen) atoms. The molecule has 0 aliphatic carbocycles. The zero-order chi connectivity index (χ0) is 22.5. The first-order valence-corrected chi connectivity index (χ1v) is 12.0. The predicted molar refractivity (Wildman–Crippen MR) is 135 cm³/mol. The fraction of sp³-hybridized carbons (Fsp3) is 0.682. The minimum absolute atomic E-state index is 0.128. The molecule has 0 aromatic heterocycles. The van der Waals surface area contributed by atoms with Crippen molar-refractivity contribution in [2.24, 2.45) is 10.7 Å². The first-order chi connectivity index (χ1) is 15.6.